The molecule has 5 heteroatoms. The summed E-state index contributed by atoms with van der Waals surface area (Å²) in [6.45, 7) is 5.47. The number of aromatic nitrogens is 2. The van der Waals surface area contributed by atoms with Gasteiger partial charge < -0.3 is 0 Å². The third-order valence-electron chi connectivity index (χ3n) is 2.82. The van der Waals surface area contributed by atoms with E-state index in [2.05, 4.69) is 9.97 Å². The molecule has 0 spiro atoms. The Labute approximate surface area is 115 Å². The molecule has 0 atom stereocenters. The summed E-state index contributed by atoms with van der Waals surface area (Å²) in [5, 5.41) is 0. The zero-order valence-electron chi connectivity index (χ0n) is 11.5. The third kappa shape index (κ3) is 3.15. The quantitative estimate of drug-likeness (QED) is 0.770. The van der Waals surface area contributed by atoms with Gasteiger partial charge in [-0.05, 0) is 6.07 Å². The van der Waals surface area contributed by atoms with Crippen molar-refractivity contribution < 1.29 is 13.2 Å². The molecule has 2 aromatic rings. The van der Waals surface area contributed by atoms with Crippen LogP contribution in [0.1, 0.15) is 32.2 Å². The summed E-state index contributed by atoms with van der Waals surface area (Å²) in [5.74, 6) is 0.102. The highest BCUT2D eigenvalue weighted by Gasteiger charge is 2.35. The molecular formula is C15H15F3N2. The SMILES string of the molecule is CC(C)(C)c1cc(C(F)(F)F)nc(-c2ccccc2)n1. The number of halogens is 3. The summed E-state index contributed by atoms with van der Waals surface area (Å²) in [6, 6.07) is 9.70. The predicted molar refractivity (Wildman–Crippen MR) is 71.2 cm³/mol. The second-order valence-electron chi connectivity index (χ2n) is 5.58. The number of nitrogens with zero attached hydrogens (tertiary/aromatic N) is 2. The standard InChI is InChI=1S/C15H15F3N2/c1-14(2,3)11-9-12(15(16,17)18)20-13(19-11)10-7-5-4-6-8-10/h4-9H,1-3H3. The van der Waals surface area contributed by atoms with Gasteiger partial charge in [0.05, 0.1) is 5.69 Å². The maximum atomic E-state index is 13.0. The zero-order chi connectivity index (χ0) is 15.0. The van der Waals surface area contributed by atoms with Crippen molar-refractivity contribution in [2.45, 2.75) is 32.4 Å². The van der Waals surface area contributed by atoms with E-state index in [1.807, 2.05) is 20.8 Å². The Hall–Kier alpha value is -1.91. The van der Waals surface area contributed by atoms with Crippen LogP contribution in [0.3, 0.4) is 0 Å². The average molecular weight is 280 g/mol. The van der Waals surface area contributed by atoms with Gasteiger partial charge in [0.1, 0.15) is 5.69 Å². The van der Waals surface area contributed by atoms with Crippen molar-refractivity contribution >= 4 is 0 Å². The van der Waals surface area contributed by atoms with Gasteiger partial charge in [0.25, 0.3) is 0 Å². The van der Waals surface area contributed by atoms with Crippen LogP contribution in [0.5, 0.6) is 0 Å². The first-order chi connectivity index (χ1) is 9.18. The van der Waals surface area contributed by atoms with E-state index in [0.29, 0.717) is 11.3 Å². The molecule has 0 amide bonds. The van der Waals surface area contributed by atoms with E-state index in [1.165, 1.54) is 0 Å². The molecule has 1 heterocycles. The molecule has 0 fully saturated rings. The Balaban J connectivity index is 2.64. The van der Waals surface area contributed by atoms with Crippen LogP contribution < -0.4 is 0 Å². The van der Waals surface area contributed by atoms with Gasteiger partial charge in [0, 0.05) is 11.0 Å². The minimum atomic E-state index is -4.48. The Bertz CT molecular complexity index is 567. The number of hydrogen-bond donors (Lipinski definition) is 0. The van der Waals surface area contributed by atoms with Crippen LogP contribution in [0.2, 0.25) is 0 Å². The first-order valence-electron chi connectivity index (χ1n) is 6.20. The van der Waals surface area contributed by atoms with Crippen LogP contribution in [0, 0.1) is 0 Å². The van der Waals surface area contributed by atoms with Gasteiger partial charge in [-0.25, -0.2) is 9.97 Å². The lowest BCUT2D eigenvalue weighted by molar-refractivity contribution is -0.141. The fourth-order valence-corrected chi connectivity index (χ4v) is 1.69. The molecule has 0 unspecified atom stereocenters. The molecule has 0 radical (unpaired) electrons. The highest BCUT2D eigenvalue weighted by molar-refractivity contribution is 5.55. The van der Waals surface area contributed by atoms with Crippen molar-refractivity contribution in [1.29, 1.82) is 0 Å². The van der Waals surface area contributed by atoms with Crippen LogP contribution >= 0.6 is 0 Å². The summed E-state index contributed by atoms with van der Waals surface area (Å²) >= 11 is 0. The lowest BCUT2D eigenvalue weighted by Gasteiger charge is -2.20. The largest absolute Gasteiger partial charge is 0.433 e. The fourth-order valence-electron chi connectivity index (χ4n) is 1.69. The first kappa shape index (κ1) is 14.5. The van der Waals surface area contributed by atoms with Gasteiger partial charge in [0.2, 0.25) is 0 Å². The zero-order valence-corrected chi connectivity index (χ0v) is 11.5. The van der Waals surface area contributed by atoms with E-state index < -0.39 is 17.3 Å². The maximum absolute atomic E-state index is 13.0. The second kappa shape index (κ2) is 4.89. The summed E-state index contributed by atoms with van der Waals surface area (Å²) in [7, 11) is 0. The van der Waals surface area contributed by atoms with Crippen molar-refractivity contribution in [2.75, 3.05) is 0 Å². The molecule has 0 aliphatic rings. The molecule has 0 aliphatic carbocycles. The molecule has 0 aliphatic heterocycles. The van der Waals surface area contributed by atoms with E-state index in [1.54, 1.807) is 30.3 Å². The molecule has 0 bridgehead atoms. The summed E-state index contributed by atoms with van der Waals surface area (Å²) < 4.78 is 38.9. The Morgan fingerprint density at radius 1 is 0.850 bits per heavy atom. The summed E-state index contributed by atoms with van der Waals surface area (Å²) in [6.07, 6.45) is -4.48. The molecule has 1 aromatic heterocycles. The fraction of sp³-hybridized carbons (Fsp3) is 0.333. The van der Waals surface area contributed by atoms with Gasteiger partial charge >= 0.3 is 6.18 Å². The molecule has 0 saturated heterocycles. The smallest absolute Gasteiger partial charge is 0.233 e. The van der Waals surface area contributed by atoms with Crippen molar-refractivity contribution in [3.8, 4) is 11.4 Å². The van der Waals surface area contributed by atoms with Gasteiger partial charge in [-0.1, -0.05) is 51.1 Å². The van der Waals surface area contributed by atoms with E-state index >= 15 is 0 Å². The highest BCUT2D eigenvalue weighted by Crippen LogP contribution is 2.32. The molecule has 2 rings (SSSR count). The highest BCUT2D eigenvalue weighted by atomic mass is 19.4. The Kier molecular flexibility index (Phi) is 3.54. The lowest BCUT2D eigenvalue weighted by atomic mass is 9.91. The molecule has 0 saturated carbocycles. The number of rotatable bonds is 1. The third-order valence-corrected chi connectivity index (χ3v) is 2.82. The minimum absolute atomic E-state index is 0.102. The van der Waals surface area contributed by atoms with E-state index in [9.17, 15) is 13.2 Å². The molecule has 0 N–H and O–H groups in total. The van der Waals surface area contributed by atoms with Crippen LogP contribution in [0.4, 0.5) is 13.2 Å². The van der Waals surface area contributed by atoms with Gasteiger partial charge in [0.15, 0.2) is 5.82 Å². The van der Waals surface area contributed by atoms with E-state index in [-0.39, 0.29) is 5.82 Å². The van der Waals surface area contributed by atoms with Gasteiger partial charge in [-0.15, -0.1) is 0 Å². The van der Waals surface area contributed by atoms with Crippen molar-refractivity contribution in [3.05, 3.63) is 47.8 Å². The summed E-state index contributed by atoms with van der Waals surface area (Å²) in [5.41, 5.74) is -0.439. The lowest BCUT2D eigenvalue weighted by Crippen LogP contribution is -2.18. The Morgan fingerprint density at radius 2 is 1.40 bits per heavy atom. The monoisotopic (exact) mass is 280 g/mol. The first-order valence-corrected chi connectivity index (χ1v) is 6.20. The van der Waals surface area contributed by atoms with Crippen LogP contribution in [0.25, 0.3) is 11.4 Å². The maximum Gasteiger partial charge on any atom is 0.433 e. The van der Waals surface area contributed by atoms with Crippen molar-refractivity contribution in [1.82, 2.24) is 9.97 Å². The van der Waals surface area contributed by atoms with Gasteiger partial charge in [-0.2, -0.15) is 13.2 Å². The summed E-state index contributed by atoms with van der Waals surface area (Å²) in [4.78, 5) is 7.93. The van der Waals surface area contributed by atoms with Crippen LogP contribution in [-0.2, 0) is 11.6 Å². The molecule has 106 valence electrons. The van der Waals surface area contributed by atoms with Crippen molar-refractivity contribution in [2.24, 2.45) is 0 Å². The van der Waals surface area contributed by atoms with Crippen LogP contribution in [-0.4, -0.2) is 9.97 Å². The molecule has 2 nitrogen and oxygen atoms in total. The predicted octanol–water partition coefficient (Wildman–Crippen LogP) is 4.46. The van der Waals surface area contributed by atoms with Gasteiger partial charge in [-0.3, -0.25) is 0 Å². The second-order valence-corrected chi connectivity index (χ2v) is 5.58. The topological polar surface area (TPSA) is 25.8 Å². The van der Waals surface area contributed by atoms with E-state index in [4.69, 9.17) is 0 Å². The number of alkyl halides is 3. The normalized spacial score (nSPS) is 12.5. The number of benzene rings is 1. The Morgan fingerprint density at radius 3 is 1.90 bits per heavy atom. The molecule has 1 aromatic carbocycles. The minimum Gasteiger partial charge on any atom is -0.233 e. The van der Waals surface area contributed by atoms with E-state index in [0.717, 1.165) is 6.07 Å². The molecular weight excluding hydrogens is 265 g/mol. The van der Waals surface area contributed by atoms with Crippen LogP contribution in [0.15, 0.2) is 36.4 Å². The van der Waals surface area contributed by atoms with Crippen molar-refractivity contribution in [3.63, 3.8) is 0 Å². The average Bonchev–Trinajstić information content (AvgIpc) is 2.37. The molecule has 20 heavy (non-hydrogen) atoms. The number of hydrogen-bond acceptors (Lipinski definition) is 2.